The van der Waals surface area contributed by atoms with Gasteiger partial charge >= 0.3 is 11.9 Å². The second-order valence-electron chi connectivity index (χ2n) is 21.0. The van der Waals surface area contributed by atoms with Crippen LogP contribution in [0.2, 0.25) is 0 Å². The zero-order chi connectivity index (χ0) is 58.8. The van der Waals surface area contributed by atoms with Crippen LogP contribution in [0.25, 0.3) is 45.6 Å². The van der Waals surface area contributed by atoms with Crippen LogP contribution in [0, 0.1) is 11.6 Å². The Kier molecular flexibility index (Phi) is 14.6. The third kappa shape index (κ3) is 9.50. The van der Waals surface area contributed by atoms with E-state index >= 15 is 0 Å². The molecule has 0 aliphatic heterocycles. The number of carbonyl (C=O) groups excluding carboxylic acids is 1. The molecular weight excluding hydrogens is 1080 g/mol. The topological polar surface area (TPSA) is 151 Å². The molecule has 4 heterocycles. The van der Waals surface area contributed by atoms with Crippen molar-refractivity contribution in [1.82, 2.24) is 39.5 Å². The lowest BCUT2D eigenvalue weighted by atomic mass is 9.76. The number of carboxylic acids is 1. The highest BCUT2D eigenvalue weighted by Gasteiger charge is 2.46. The van der Waals surface area contributed by atoms with Gasteiger partial charge in [0.25, 0.3) is 0 Å². The molecule has 4 aromatic heterocycles. The van der Waals surface area contributed by atoms with E-state index in [-0.39, 0.29) is 29.6 Å². The summed E-state index contributed by atoms with van der Waals surface area (Å²) in [4.78, 5) is 45.6. The van der Waals surface area contributed by atoms with Crippen LogP contribution in [0.4, 0.5) is 8.78 Å². The summed E-state index contributed by atoms with van der Waals surface area (Å²) in [6.07, 6.45) is 5.89. The van der Waals surface area contributed by atoms with Crippen LogP contribution in [-0.2, 0) is 41.5 Å². The molecule has 1 N–H and O–H groups in total. The second kappa shape index (κ2) is 23.1. The van der Waals surface area contributed by atoms with Crippen LogP contribution in [-0.4, -0.2) is 63.1 Å². The third-order valence-corrected chi connectivity index (χ3v) is 16.1. The zero-order valence-electron chi connectivity index (χ0n) is 46.6. The first-order valence-corrected chi connectivity index (χ1v) is 28.4. The second-order valence-corrected chi connectivity index (χ2v) is 21.0. The number of rotatable bonds is 13. The van der Waals surface area contributed by atoms with Gasteiger partial charge in [-0.1, -0.05) is 182 Å². The average Bonchev–Trinajstić information content (AvgIpc) is 1.52. The van der Waals surface area contributed by atoms with E-state index < -0.39 is 23.0 Å². The number of esters is 1. The van der Waals surface area contributed by atoms with Gasteiger partial charge in [0.1, 0.15) is 22.7 Å². The Hall–Kier alpha value is -10.9. The van der Waals surface area contributed by atoms with Crippen LogP contribution in [0.5, 0.6) is 0 Å². The van der Waals surface area contributed by atoms with Gasteiger partial charge in [-0.15, -0.1) is 0 Å². The molecule has 0 saturated heterocycles. The quantitative estimate of drug-likeness (QED) is 0.0873. The molecule has 2 aliphatic rings. The molecule has 12 aromatic rings. The van der Waals surface area contributed by atoms with Gasteiger partial charge in [-0.05, 0) is 126 Å². The largest absolute Gasteiger partial charge is 0.476 e. The number of carbonyl (C=O) groups is 2. The van der Waals surface area contributed by atoms with Crippen molar-refractivity contribution in [2.24, 2.45) is 0 Å². The van der Waals surface area contributed by atoms with Crippen LogP contribution in [0.3, 0.4) is 0 Å². The van der Waals surface area contributed by atoms with Crippen molar-refractivity contribution >= 4 is 11.9 Å². The minimum Gasteiger partial charge on any atom is -0.476 e. The third-order valence-electron chi connectivity index (χ3n) is 16.1. The first-order valence-electron chi connectivity index (χ1n) is 28.4. The minimum absolute atomic E-state index is 0.00441. The predicted octanol–water partition coefficient (Wildman–Crippen LogP) is 14.0. The number of nitrogens with zero attached hydrogens (tertiary/aromatic N) is 8. The number of hydrogen-bond donors (Lipinski definition) is 1. The maximum Gasteiger partial charge on any atom is 0.359 e. The van der Waals surface area contributed by atoms with Gasteiger partial charge in [-0.3, -0.25) is 0 Å². The summed E-state index contributed by atoms with van der Waals surface area (Å²) < 4.78 is 36.9. The summed E-state index contributed by atoms with van der Waals surface area (Å²) >= 11 is 0. The number of halogens is 2. The number of fused-ring (bicyclic) bond motifs is 6. The van der Waals surface area contributed by atoms with Crippen molar-refractivity contribution in [1.29, 1.82) is 0 Å². The van der Waals surface area contributed by atoms with E-state index in [0.717, 1.165) is 55.8 Å². The number of carboxylic acid groups (broad SMARTS) is 1. The van der Waals surface area contributed by atoms with Crippen molar-refractivity contribution in [3.05, 3.63) is 322 Å². The first-order chi connectivity index (χ1) is 42.2. The van der Waals surface area contributed by atoms with Gasteiger partial charge in [0.15, 0.2) is 23.0 Å². The number of ether oxygens (including phenoxy) is 1. The number of benzene rings is 8. The summed E-state index contributed by atoms with van der Waals surface area (Å²) in [6, 6.07) is 72.8. The average molecular weight is 1130 g/mol. The van der Waals surface area contributed by atoms with Gasteiger partial charge in [-0.25, -0.2) is 47.7 Å². The summed E-state index contributed by atoms with van der Waals surface area (Å²) in [6.45, 7) is 2.02. The molecule has 0 atom stereocenters. The van der Waals surface area contributed by atoms with E-state index in [1.54, 1.807) is 37.4 Å². The molecule has 0 bridgehead atoms. The van der Waals surface area contributed by atoms with Crippen molar-refractivity contribution in [3.63, 3.8) is 0 Å². The fourth-order valence-corrected chi connectivity index (χ4v) is 12.3. The smallest absolute Gasteiger partial charge is 0.359 e. The standard InChI is InChI=1S/C37H29FN4O2.C35H25FN4O2/c1-2-44-36(43)33-31-23-20-26-24-39-35(25-18-21-30(38)22-19-25)40-32(26)34(31)42(41-33)37(27-12-6-3-7-13-27,28-14-8-4-9-15-28)29-16-10-5-11-17-29;36-28-19-16-23(17-20-28)33-37-22-24-18-21-29-31(34(41)42)39-40(32(29)30(24)38-33)35(25-10-4-1-5-11-25,26-12-6-2-7-13-26)27-14-8-3-9-15-27/h3-19,21-22,24H,2,20,23H2,1H3;1-17,19-20,22H,18,21H2,(H,41,42). The van der Waals surface area contributed by atoms with E-state index in [1.165, 1.54) is 24.3 Å². The lowest BCUT2D eigenvalue weighted by molar-refractivity contribution is 0.0516. The van der Waals surface area contributed by atoms with E-state index in [0.29, 0.717) is 71.1 Å². The van der Waals surface area contributed by atoms with Crippen molar-refractivity contribution in [2.75, 3.05) is 6.61 Å². The number of aromatic nitrogens is 8. The number of aromatic carboxylic acids is 1. The van der Waals surface area contributed by atoms with Gasteiger partial charge in [0.2, 0.25) is 0 Å². The molecule has 14 heteroatoms. The Bertz CT molecular complexity index is 4220. The maximum atomic E-state index is 13.8. The molecule has 0 spiro atoms. The molecule has 0 fully saturated rings. The zero-order valence-corrected chi connectivity index (χ0v) is 46.6. The van der Waals surface area contributed by atoms with Crippen molar-refractivity contribution in [3.8, 4) is 45.6 Å². The Labute approximate surface area is 494 Å². The first kappa shape index (κ1) is 54.4. The van der Waals surface area contributed by atoms with Crippen LogP contribution in [0.15, 0.2) is 243 Å². The minimum atomic E-state index is -1.09. The summed E-state index contributed by atoms with van der Waals surface area (Å²) in [5, 5.41) is 20.5. The molecule has 12 nitrogen and oxygen atoms in total. The Morgan fingerprint density at radius 1 is 0.453 bits per heavy atom. The fourth-order valence-electron chi connectivity index (χ4n) is 12.3. The summed E-state index contributed by atoms with van der Waals surface area (Å²) in [5.41, 5.74) is 11.2. The molecule has 420 valence electrons. The number of aryl methyl sites for hydroxylation is 2. The van der Waals surface area contributed by atoms with Crippen molar-refractivity contribution in [2.45, 2.75) is 43.7 Å². The van der Waals surface area contributed by atoms with Gasteiger partial charge < -0.3 is 9.84 Å². The maximum absolute atomic E-state index is 13.8. The molecule has 0 saturated carbocycles. The Morgan fingerprint density at radius 2 is 0.767 bits per heavy atom. The van der Waals surface area contributed by atoms with Gasteiger partial charge in [-0.2, -0.15) is 10.2 Å². The highest BCUT2D eigenvalue weighted by molar-refractivity contribution is 5.92. The Morgan fingerprint density at radius 3 is 1.08 bits per heavy atom. The van der Waals surface area contributed by atoms with Gasteiger partial charge in [0, 0.05) is 34.6 Å². The lowest BCUT2D eigenvalue weighted by Crippen LogP contribution is -2.39. The molecule has 0 radical (unpaired) electrons. The highest BCUT2D eigenvalue weighted by atomic mass is 19.1. The SMILES string of the molecule is CCOC(=O)c1nn(C(c2ccccc2)(c2ccccc2)c2ccccc2)c2c1CCc1cnc(-c3ccc(F)cc3)nc1-2.O=C(O)c1nn(C(c2ccccc2)(c2ccccc2)c2ccccc2)c2c1CCc1cnc(-c3ccc(F)cc3)nc1-2. The Balaban J connectivity index is 0.000000160. The van der Waals surface area contributed by atoms with E-state index in [9.17, 15) is 23.5 Å². The molecular formula is C72H54F2N8O4. The van der Waals surface area contributed by atoms with Crippen LogP contribution in [0.1, 0.15) is 83.5 Å². The van der Waals surface area contributed by atoms with Crippen LogP contribution < -0.4 is 0 Å². The molecule has 86 heavy (non-hydrogen) atoms. The molecule has 0 amide bonds. The molecule has 8 aromatic carbocycles. The monoisotopic (exact) mass is 1130 g/mol. The van der Waals surface area contributed by atoms with E-state index in [1.807, 2.05) is 161 Å². The number of hydrogen-bond acceptors (Lipinski definition) is 9. The molecule has 14 rings (SSSR count). The van der Waals surface area contributed by atoms with Crippen molar-refractivity contribution < 1.29 is 28.2 Å². The van der Waals surface area contributed by atoms with Crippen LogP contribution >= 0.6 is 0 Å². The molecule has 0 unspecified atom stereocenters. The molecule has 2 aliphatic carbocycles. The normalized spacial score (nSPS) is 12.4. The highest BCUT2D eigenvalue weighted by Crippen LogP contribution is 2.48. The van der Waals surface area contributed by atoms with E-state index in [4.69, 9.17) is 24.9 Å². The van der Waals surface area contributed by atoms with E-state index in [2.05, 4.69) is 46.4 Å². The summed E-state index contributed by atoms with van der Waals surface area (Å²) in [5.74, 6) is -1.35. The fraction of sp³-hybridized carbons (Fsp3) is 0.111. The predicted molar refractivity (Wildman–Crippen MR) is 324 cm³/mol. The van der Waals surface area contributed by atoms with Gasteiger partial charge in [0.05, 0.1) is 29.4 Å². The summed E-state index contributed by atoms with van der Waals surface area (Å²) in [7, 11) is 0. The lowest BCUT2D eigenvalue weighted by Gasteiger charge is -2.38.